The Labute approximate surface area is 124 Å². The van der Waals surface area contributed by atoms with Gasteiger partial charge < -0.3 is 10.5 Å². The van der Waals surface area contributed by atoms with Gasteiger partial charge in [-0.1, -0.05) is 46.3 Å². The third-order valence-electron chi connectivity index (χ3n) is 2.89. The summed E-state index contributed by atoms with van der Waals surface area (Å²) >= 11 is 3.48. The van der Waals surface area contributed by atoms with Crippen molar-refractivity contribution in [3.8, 4) is 5.88 Å². The Morgan fingerprint density at radius 3 is 2.35 bits per heavy atom. The van der Waals surface area contributed by atoms with Gasteiger partial charge in [0.2, 0.25) is 0 Å². The highest BCUT2D eigenvalue weighted by molar-refractivity contribution is 9.10. The van der Waals surface area contributed by atoms with E-state index < -0.39 is 0 Å². The first-order valence-corrected chi connectivity index (χ1v) is 6.92. The van der Waals surface area contributed by atoms with E-state index in [2.05, 4.69) is 25.9 Å². The second kappa shape index (κ2) is 5.46. The van der Waals surface area contributed by atoms with Gasteiger partial charge in [-0.25, -0.2) is 9.97 Å². The average molecular weight is 330 g/mol. The van der Waals surface area contributed by atoms with E-state index in [1.807, 2.05) is 48.5 Å². The lowest BCUT2D eigenvalue weighted by Gasteiger charge is -2.09. The molecule has 2 N–H and O–H groups in total. The van der Waals surface area contributed by atoms with Crippen molar-refractivity contribution in [3.05, 3.63) is 58.6 Å². The molecule has 4 nitrogen and oxygen atoms in total. The van der Waals surface area contributed by atoms with Crippen molar-refractivity contribution >= 4 is 32.8 Å². The lowest BCUT2D eigenvalue weighted by Crippen LogP contribution is -2.03. The van der Waals surface area contributed by atoms with Gasteiger partial charge in [0.1, 0.15) is 6.61 Å². The summed E-state index contributed by atoms with van der Waals surface area (Å²) in [6, 6.07) is 15.4. The van der Waals surface area contributed by atoms with Crippen molar-refractivity contribution in [2.45, 2.75) is 6.61 Å². The SMILES string of the molecule is Nc1nc2ccccc2nc1OCc1ccccc1Br. The van der Waals surface area contributed by atoms with Gasteiger partial charge in [0.15, 0.2) is 5.82 Å². The highest BCUT2D eigenvalue weighted by Crippen LogP contribution is 2.23. The molecule has 2 aromatic carbocycles. The van der Waals surface area contributed by atoms with Gasteiger partial charge in [-0.3, -0.25) is 0 Å². The van der Waals surface area contributed by atoms with Crippen molar-refractivity contribution in [1.82, 2.24) is 9.97 Å². The maximum absolute atomic E-state index is 5.88. The highest BCUT2D eigenvalue weighted by atomic mass is 79.9. The molecule has 0 saturated carbocycles. The van der Waals surface area contributed by atoms with Crippen LogP contribution in [0.4, 0.5) is 5.82 Å². The van der Waals surface area contributed by atoms with Crippen LogP contribution in [-0.4, -0.2) is 9.97 Å². The smallest absolute Gasteiger partial charge is 0.258 e. The predicted molar refractivity (Wildman–Crippen MR) is 82.4 cm³/mol. The number of nitrogens with two attached hydrogens (primary N) is 1. The monoisotopic (exact) mass is 329 g/mol. The van der Waals surface area contributed by atoms with Gasteiger partial charge >= 0.3 is 0 Å². The van der Waals surface area contributed by atoms with E-state index in [1.165, 1.54) is 0 Å². The molecule has 0 radical (unpaired) electrons. The van der Waals surface area contributed by atoms with Gasteiger partial charge in [0, 0.05) is 10.0 Å². The number of para-hydroxylation sites is 2. The second-order valence-corrected chi connectivity index (χ2v) is 5.14. The lowest BCUT2D eigenvalue weighted by atomic mass is 10.2. The number of halogens is 1. The Kier molecular flexibility index (Phi) is 3.52. The molecule has 3 rings (SSSR count). The fourth-order valence-electron chi connectivity index (χ4n) is 1.87. The molecule has 1 aromatic heterocycles. The molecule has 100 valence electrons. The third-order valence-corrected chi connectivity index (χ3v) is 3.66. The number of nitrogens with zero attached hydrogens (tertiary/aromatic N) is 2. The van der Waals surface area contributed by atoms with E-state index in [0.29, 0.717) is 18.3 Å². The third kappa shape index (κ3) is 2.58. The molecule has 0 spiro atoms. The topological polar surface area (TPSA) is 61.0 Å². The minimum atomic E-state index is 0.302. The van der Waals surface area contributed by atoms with Crippen molar-refractivity contribution in [2.75, 3.05) is 5.73 Å². The summed E-state index contributed by atoms with van der Waals surface area (Å²) in [6.45, 7) is 0.388. The van der Waals surface area contributed by atoms with Crippen LogP contribution in [0.1, 0.15) is 5.56 Å². The van der Waals surface area contributed by atoms with Crippen LogP contribution in [0, 0.1) is 0 Å². The predicted octanol–water partition coefficient (Wildman–Crippen LogP) is 3.55. The summed E-state index contributed by atoms with van der Waals surface area (Å²) in [4.78, 5) is 8.68. The molecule has 20 heavy (non-hydrogen) atoms. The highest BCUT2D eigenvalue weighted by Gasteiger charge is 2.08. The first kappa shape index (κ1) is 12.9. The number of anilines is 1. The van der Waals surface area contributed by atoms with Gasteiger partial charge in [-0.05, 0) is 18.2 Å². The molecule has 5 heteroatoms. The molecule has 0 amide bonds. The van der Waals surface area contributed by atoms with Crippen LogP contribution >= 0.6 is 15.9 Å². The molecule has 0 fully saturated rings. The van der Waals surface area contributed by atoms with Crippen LogP contribution in [0.2, 0.25) is 0 Å². The minimum Gasteiger partial charge on any atom is -0.470 e. The standard InChI is InChI=1S/C15H12BrN3O/c16-11-6-2-1-5-10(11)9-20-15-14(17)18-12-7-3-4-8-13(12)19-15/h1-8H,9H2,(H2,17,18). The summed E-state index contributed by atoms with van der Waals surface area (Å²) in [6.07, 6.45) is 0. The van der Waals surface area contributed by atoms with Crippen LogP contribution in [0.15, 0.2) is 53.0 Å². The number of fused-ring (bicyclic) bond motifs is 1. The van der Waals surface area contributed by atoms with Gasteiger partial charge in [0.25, 0.3) is 5.88 Å². The summed E-state index contributed by atoms with van der Waals surface area (Å²) in [5.41, 5.74) is 8.44. The van der Waals surface area contributed by atoms with Crippen molar-refractivity contribution < 1.29 is 4.74 Å². The Bertz CT molecular complexity index is 761. The van der Waals surface area contributed by atoms with E-state index in [-0.39, 0.29) is 0 Å². The molecule has 0 atom stereocenters. The van der Waals surface area contributed by atoms with Crippen LogP contribution in [0.5, 0.6) is 5.88 Å². The van der Waals surface area contributed by atoms with Crippen molar-refractivity contribution in [2.24, 2.45) is 0 Å². The first-order chi connectivity index (χ1) is 9.74. The molecular weight excluding hydrogens is 318 g/mol. The number of benzene rings is 2. The summed E-state index contributed by atoms with van der Waals surface area (Å²) < 4.78 is 6.68. The zero-order valence-corrected chi connectivity index (χ0v) is 12.2. The number of aromatic nitrogens is 2. The average Bonchev–Trinajstić information content (AvgIpc) is 2.46. The normalized spacial score (nSPS) is 10.7. The molecular formula is C15H12BrN3O. The lowest BCUT2D eigenvalue weighted by molar-refractivity contribution is 0.295. The first-order valence-electron chi connectivity index (χ1n) is 6.12. The zero-order chi connectivity index (χ0) is 13.9. The second-order valence-electron chi connectivity index (χ2n) is 4.28. The maximum Gasteiger partial charge on any atom is 0.258 e. The number of ether oxygens (including phenoxy) is 1. The van der Waals surface area contributed by atoms with E-state index in [1.54, 1.807) is 0 Å². The summed E-state index contributed by atoms with van der Waals surface area (Å²) in [7, 11) is 0. The number of hydrogen-bond donors (Lipinski definition) is 1. The van der Waals surface area contributed by atoms with E-state index in [9.17, 15) is 0 Å². The summed E-state index contributed by atoms with van der Waals surface area (Å²) in [5.74, 6) is 0.662. The van der Waals surface area contributed by atoms with E-state index >= 15 is 0 Å². The van der Waals surface area contributed by atoms with E-state index in [4.69, 9.17) is 10.5 Å². The molecule has 0 aliphatic heterocycles. The zero-order valence-electron chi connectivity index (χ0n) is 10.6. The van der Waals surface area contributed by atoms with Crippen LogP contribution < -0.4 is 10.5 Å². The van der Waals surface area contributed by atoms with Gasteiger partial charge in [0.05, 0.1) is 11.0 Å². The Hall–Kier alpha value is -2.14. The van der Waals surface area contributed by atoms with Gasteiger partial charge in [-0.15, -0.1) is 0 Å². The Morgan fingerprint density at radius 1 is 0.950 bits per heavy atom. The Morgan fingerprint density at radius 2 is 1.60 bits per heavy atom. The Balaban J connectivity index is 1.87. The molecule has 0 aliphatic rings. The quantitative estimate of drug-likeness (QED) is 0.798. The number of rotatable bonds is 3. The van der Waals surface area contributed by atoms with Crippen LogP contribution in [0.25, 0.3) is 11.0 Å². The molecule has 0 saturated heterocycles. The van der Waals surface area contributed by atoms with Gasteiger partial charge in [-0.2, -0.15) is 0 Å². The molecule has 1 heterocycles. The largest absolute Gasteiger partial charge is 0.470 e. The fraction of sp³-hybridized carbons (Fsp3) is 0.0667. The maximum atomic E-state index is 5.88. The van der Waals surface area contributed by atoms with Crippen LogP contribution in [0.3, 0.4) is 0 Å². The molecule has 0 unspecified atom stereocenters. The summed E-state index contributed by atoms with van der Waals surface area (Å²) in [5, 5.41) is 0. The number of hydrogen-bond acceptors (Lipinski definition) is 4. The van der Waals surface area contributed by atoms with Crippen molar-refractivity contribution in [1.29, 1.82) is 0 Å². The fourth-order valence-corrected chi connectivity index (χ4v) is 2.26. The van der Waals surface area contributed by atoms with Crippen molar-refractivity contribution in [3.63, 3.8) is 0 Å². The van der Waals surface area contributed by atoms with E-state index in [0.717, 1.165) is 21.1 Å². The number of nitrogen functional groups attached to an aromatic ring is 1. The van der Waals surface area contributed by atoms with Crippen LogP contribution in [-0.2, 0) is 6.61 Å². The minimum absolute atomic E-state index is 0.302. The molecule has 0 aliphatic carbocycles. The molecule has 3 aromatic rings. The molecule has 0 bridgehead atoms.